The predicted octanol–water partition coefficient (Wildman–Crippen LogP) is 2.81. The van der Waals surface area contributed by atoms with Crippen molar-refractivity contribution in [1.82, 2.24) is 0 Å². The summed E-state index contributed by atoms with van der Waals surface area (Å²) >= 11 is 0. The standard InChI is InChI=1S/C14H23FN2/c1-11(2)7-9-17(3)14-5-4-13(15)10-12(14)6-8-16/h4-5,10-11H,6-9,16H2,1-3H3. The van der Waals surface area contributed by atoms with Gasteiger partial charge in [0.2, 0.25) is 0 Å². The number of nitrogens with zero attached hydrogens (tertiary/aromatic N) is 1. The van der Waals surface area contributed by atoms with E-state index in [1.807, 2.05) is 6.07 Å². The Labute approximate surface area is 104 Å². The van der Waals surface area contributed by atoms with Crippen LogP contribution in [0.1, 0.15) is 25.8 Å². The molecule has 96 valence electrons. The van der Waals surface area contributed by atoms with E-state index in [1.54, 1.807) is 6.07 Å². The smallest absolute Gasteiger partial charge is 0.123 e. The predicted molar refractivity (Wildman–Crippen MR) is 71.9 cm³/mol. The third kappa shape index (κ3) is 4.35. The quantitative estimate of drug-likeness (QED) is 0.825. The van der Waals surface area contributed by atoms with Crippen LogP contribution in [0.4, 0.5) is 10.1 Å². The first-order valence-electron chi connectivity index (χ1n) is 6.24. The van der Waals surface area contributed by atoms with E-state index < -0.39 is 0 Å². The number of benzene rings is 1. The van der Waals surface area contributed by atoms with Crippen LogP contribution in [0.3, 0.4) is 0 Å². The van der Waals surface area contributed by atoms with Gasteiger partial charge in [-0.25, -0.2) is 4.39 Å². The molecule has 3 heteroatoms. The number of halogens is 1. The fourth-order valence-electron chi connectivity index (χ4n) is 1.85. The molecule has 2 N–H and O–H groups in total. The van der Waals surface area contributed by atoms with Gasteiger partial charge in [0.1, 0.15) is 5.82 Å². The van der Waals surface area contributed by atoms with Crippen LogP contribution in [0.15, 0.2) is 18.2 Å². The Morgan fingerprint density at radius 3 is 2.65 bits per heavy atom. The molecule has 0 unspecified atom stereocenters. The normalized spacial score (nSPS) is 10.9. The van der Waals surface area contributed by atoms with E-state index in [0.717, 1.165) is 30.6 Å². The molecule has 0 aliphatic carbocycles. The molecule has 1 aromatic rings. The highest BCUT2D eigenvalue weighted by Gasteiger charge is 2.08. The van der Waals surface area contributed by atoms with Gasteiger partial charge < -0.3 is 10.6 Å². The summed E-state index contributed by atoms with van der Waals surface area (Å²) in [5.74, 6) is 0.491. The van der Waals surface area contributed by atoms with Crippen molar-refractivity contribution in [2.75, 3.05) is 25.0 Å². The highest BCUT2D eigenvalue weighted by molar-refractivity contribution is 5.53. The third-order valence-electron chi connectivity index (χ3n) is 2.91. The summed E-state index contributed by atoms with van der Waals surface area (Å²) in [6.07, 6.45) is 1.86. The van der Waals surface area contributed by atoms with Gasteiger partial charge in [-0.1, -0.05) is 13.8 Å². The first kappa shape index (κ1) is 14.0. The van der Waals surface area contributed by atoms with Crippen LogP contribution >= 0.6 is 0 Å². The molecule has 0 fully saturated rings. The maximum absolute atomic E-state index is 13.2. The molecule has 0 aliphatic heterocycles. The van der Waals surface area contributed by atoms with Gasteiger partial charge >= 0.3 is 0 Å². The lowest BCUT2D eigenvalue weighted by atomic mass is 10.1. The van der Waals surface area contributed by atoms with Crippen LogP contribution in [0, 0.1) is 11.7 Å². The Kier molecular flexibility index (Phi) is 5.42. The molecule has 1 aromatic carbocycles. The van der Waals surface area contributed by atoms with Crippen molar-refractivity contribution in [3.63, 3.8) is 0 Å². The molecule has 0 aliphatic rings. The zero-order chi connectivity index (χ0) is 12.8. The van der Waals surface area contributed by atoms with Gasteiger partial charge in [-0.05, 0) is 49.1 Å². The van der Waals surface area contributed by atoms with Gasteiger partial charge in [0.25, 0.3) is 0 Å². The summed E-state index contributed by atoms with van der Waals surface area (Å²) in [5, 5.41) is 0. The van der Waals surface area contributed by atoms with Crippen LogP contribution in [0.5, 0.6) is 0 Å². The summed E-state index contributed by atoms with van der Waals surface area (Å²) in [7, 11) is 2.05. The second-order valence-electron chi connectivity index (χ2n) is 4.92. The van der Waals surface area contributed by atoms with Crippen molar-refractivity contribution in [2.24, 2.45) is 11.7 Å². The van der Waals surface area contributed by atoms with Crippen LogP contribution in [0.25, 0.3) is 0 Å². The lowest BCUT2D eigenvalue weighted by Crippen LogP contribution is -2.22. The highest BCUT2D eigenvalue weighted by atomic mass is 19.1. The maximum atomic E-state index is 13.2. The Hall–Kier alpha value is -1.09. The van der Waals surface area contributed by atoms with Crippen molar-refractivity contribution in [3.8, 4) is 0 Å². The summed E-state index contributed by atoms with van der Waals surface area (Å²) in [6.45, 7) is 5.95. The topological polar surface area (TPSA) is 29.3 Å². The zero-order valence-electron chi connectivity index (χ0n) is 11.0. The fraction of sp³-hybridized carbons (Fsp3) is 0.571. The van der Waals surface area contributed by atoms with E-state index in [0.29, 0.717) is 12.5 Å². The first-order valence-corrected chi connectivity index (χ1v) is 6.24. The van der Waals surface area contributed by atoms with E-state index in [1.165, 1.54) is 6.07 Å². The van der Waals surface area contributed by atoms with E-state index >= 15 is 0 Å². The van der Waals surface area contributed by atoms with Crippen molar-refractivity contribution in [1.29, 1.82) is 0 Å². The van der Waals surface area contributed by atoms with Gasteiger partial charge in [0.05, 0.1) is 0 Å². The SMILES string of the molecule is CC(C)CCN(C)c1ccc(F)cc1CCN. The van der Waals surface area contributed by atoms with Crippen molar-refractivity contribution in [2.45, 2.75) is 26.7 Å². The summed E-state index contributed by atoms with van der Waals surface area (Å²) < 4.78 is 13.2. The number of hydrogen-bond donors (Lipinski definition) is 1. The van der Waals surface area contributed by atoms with Gasteiger partial charge in [-0.2, -0.15) is 0 Å². The highest BCUT2D eigenvalue weighted by Crippen LogP contribution is 2.21. The van der Waals surface area contributed by atoms with E-state index in [2.05, 4.69) is 25.8 Å². The fourth-order valence-corrected chi connectivity index (χ4v) is 1.85. The van der Waals surface area contributed by atoms with Crippen LogP contribution < -0.4 is 10.6 Å². The number of rotatable bonds is 6. The monoisotopic (exact) mass is 238 g/mol. The largest absolute Gasteiger partial charge is 0.374 e. The molecule has 0 saturated heterocycles. The van der Waals surface area contributed by atoms with Crippen LogP contribution in [-0.2, 0) is 6.42 Å². The molecule has 0 saturated carbocycles. The molecule has 0 heterocycles. The summed E-state index contributed by atoms with van der Waals surface area (Å²) in [5.41, 5.74) is 7.65. The Balaban J connectivity index is 2.80. The Morgan fingerprint density at radius 1 is 1.35 bits per heavy atom. The first-order chi connectivity index (χ1) is 8.04. The van der Waals surface area contributed by atoms with E-state index in [-0.39, 0.29) is 5.82 Å². The maximum Gasteiger partial charge on any atom is 0.123 e. The average Bonchev–Trinajstić information content (AvgIpc) is 2.26. The summed E-state index contributed by atoms with van der Waals surface area (Å²) in [6, 6.07) is 4.95. The molecule has 0 amide bonds. The van der Waals surface area contributed by atoms with E-state index in [9.17, 15) is 4.39 Å². The minimum atomic E-state index is -0.186. The van der Waals surface area contributed by atoms with Crippen molar-refractivity contribution >= 4 is 5.69 Å². The molecule has 17 heavy (non-hydrogen) atoms. The third-order valence-corrected chi connectivity index (χ3v) is 2.91. The minimum absolute atomic E-state index is 0.186. The summed E-state index contributed by atoms with van der Waals surface area (Å²) in [4.78, 5) is 2.18. The van der Waals surface area contributed by atoms with Crippen LogP contribution in [-0.4, -0.2) is 20.1 Å². The lowest BCUT2D eigenvalue weighted by molar-refractivity contribution is 0.583. The minimum Gasteiger partial charge on any atom is -0.374 e. The van der Waals surface area contributed by atoms with Gasteiger partial charge in [-0.15, -0.1) is 0 Å². The molecule has 0 bridgehead atoms. The van der Waals surface area contributed by atoms with E-state index in [4.69, 9.17) is 5.73 Å². The molecule has 0 spiro atoms. The van der Waals surface area contributed by atoms with Gasteiger partial charge in [0, 0.05) is 19.3 Å². The zero-order valence-corrected chi connectivity index (χ0v) is 11.0. The van der Waals surface area contributed by atoms with Crippen molar-refractivity contribution in [3.05, 3.63) is 29.6 Å². The molecular formula is C14H23FN2. The Morgan fingerprint density at radius 2 is 2.06 bits per heavy atom. The lowest BCUT2D eigenvalue weighted by Gasteiger charge is -2.23. The van der Waals surface area contributed by atoms with Gasteiger partial charge in [-0.3, -0.25) is 0 Å². The number of anilines is 1. The van der Waals surface area contributed by atoms with Crippen LogP contribution in [0.2, 0.25) is 0 Å². The second kappa shape index (κ2) is 6.60. The number of nitrogens with two attached hydrogens (primary N) is 1. The molecular weight excluding hydrogens is 215 g/mol. The second-order valence-corrected chi connectivity index (χ2v) is 4.92. The Bertz CT molecular complexity index is 350. The molecule has 0 atom stereocenters. The molecule has 2 nitrogen and oxygen atoms in total. The van der Waals surface area contributed by atoms with Gasteiger partial charge in [0.15, 0.2) is 0 Å². The van der Waals surface area contributed by atoms with Crippen molar-refractivity contribution < 1.29 is 4.39 Å². The average molecular weight is 238 g/mol. The molecule has 0 radical (unpaired) electrons. The molecule has 0 aromatic heterocycles. The molecule has 1 rings (SSSR count). The number of hydrogen-bond acceptors (Lipinski definition) is 2.